The molecule has 120 valence electrons. The van der Waals surface area contributed by atoms with Crippen LogP contribution in [0.2, 0.25) is 0 Å². The number of carbonyl (C=O) groups is 1. The van der Waals surface area contributed by atoms with E-state index in [9.17, 15) is 19.4 Å². The van der Waals surface area contributed by atoms with E-state index in [0.717, 1.165) is 0 Å². The summed E-state index contributed by atoms with van der Waals surface area (Å²) in [6, 6.07) is 12.2. The van der Waals surface area contributed by atoms with E-state index in [1.165, 1.54) is 35.2 Å². The van der Waals surface area contributed by atoms with Gasteiger partial charge in [0, 0.05) is 6.54 Å². The number of β-amino-alcohol motifs (C(OH)–C–C–N with tert-alkyl or cyclic N) is 1. The first-order valence-corrected chi connectivity index (χ1v) is 7.55. The van der Waals surface area contributed by atoms with Gasteiger partial charge in [0.05, 0.1) is 12.1 Å². The van der Waals surface area contributed by atoms with Crippen molar-refractivity contribution in [3.63, 3.8) is 0 Å². The first-order chi connectivity index (χ1) is 11.0. The van der Waals surface area contributed by atoms with E-state index in [4.69, 9.17) is 0 Å². The van der Waals surface area contributed by atoms with Gasteiger partial charge in [-0.15, -0.1) is 0 Å². The molecular weight excluding hydrogens is 297 g/mol. The van der Waals surface area contributed by atoms with Crippen LogP contribution < -0.4 is 0 Å². The maximum atomic E-state index is 13.8. The van der Waals surface area contributed by atoms with Crippen LogP contribution in [0.3, 0.4) is 0 Å². The van der Waals surface area contributed by atoms with Crippen molar-refractivity contribution in [2.45, 2.75) is 18.4 Å². The lowest BCUT2D eigenvalue weighted by Crippen LogP contribution is -2.48. The number of rotatable bonds is 2. The Hall–Kier alpha value is -2.40. The molecule has 2 aromatic rings. The quantitative estimate of drug-likeness (QED) is 0.895. The van der Waals surface area contributed by atoms with E-state index in [1.54, 1.807) is 18.2 Å². The van der Waals surface area contributed by atoms with Gasteiger partial charge in [-0.25, -0.2) is 4.39 Å². The van der Waals surface area contributed by atoms with Crippen LogP contribution in [0.5, 0.6) is 5.75 Å². The summed E-state index contributed by atoms with van der Waals surface area (Å²) >= 11 is 0. The van der Waals surface area contributed by atoms with Gasteiger partial charge in [0.2, 0.25) is 0 Å². The summed E-state index contributed by atoms with van der Waals surface area (Å²) in [5.74, 6) is -0.932. The summed E-state index contributed by atoms with van der Waals surface area (Å²) in [6.07, 6.45) is 1.09. The molecule has 1 fully saturated rings. The molecule has 0 spiro atoms. The fourth-order valence-electron chi connectivity index (χ4n) is 3.05. The first-order valence-electron chi connectivity index (χ1n) is 7.55. The van der Waals surface area contributed by atoms with Gasteiger partial charge in [0.15, 0.2) is 0 Å². The molecule has 23 heavy (non-hydrogen) atoms. The Morgan fingerprint density at radius 2 is 1.96 bits per heavy atom. The lowest BCUT2D eigenvalue weighted by Gasteiger charge is -2.39. The highest BCUT2D eigenvalue weighted by Crippen LogP contribution is 2.33. The van der Waals surface area contributed by atoms with E-state index in [2.05, 4.69) is 0 Å². The Labute approximate surface area is 133 Å². The Morgan fingerprint density at radius 3 is 2.70 bits per heavy atom. The normalized spacial score (nSPS) is 21.2. The molecule has 0 aliphatic carbocycles. The molecule has 1 aliphatic rings. The molecule has 2 aromatic carbocycles. The van der Waals surface area contributed by atoms with E-state index in [1.807, 2.05) is 0 Å². The number of aliphatic hydroxyl groups is 1. The van der Waals surface area contributed by atoms with Crippen LogP contribution in [0.15, 0.2) is 48.5 Å². The fourth-order valence-corrected chi connectivity index (χ4v) is 3.05. The maximum absolute atomic E-state index is 13.8. The number of benzene rings is 2. The SMILES string of the molecule is O=C(c1ccccc1F)N1CCCC(O)(c2cccc(O)c2)C1. The van der Waals surface area contributed by atoms with Crippen molar-refractivity contribution < 1.29 is 19.4 Å². The Kier molecular flexibility index (Phi) is 4.05. The van der Waals surface area contributed by atoms with Gasteiger partial charge in [-0.2, -0.15) is 0 Å². The number of phenolic OH excluding ortho intramolecular Hbond substituents is 1. The molecule has 1 saturated heterocycles. The number of hydrogen-bond acceptors (Lipinski definition) is 3. The third-order valence-corrected chi connectivity index (χ3v) is 4.25. The average Bonchev–Trinajstić information content (AvgIpc) is 2.55. The molecule has 0 bridgehead atoms. The van der Waals surface area contributed by atoms with Crippen LogP contribution in [0.4, 0.5) is 4.39 Å². The molecule has 4 nitrogen and oxygen atoms in total. The minimum Gasteiger partial charge on any atom is -0.508 e. The van der Waals surface area contributed by atoms with Gasteiger partial charge in [-0.1, -0.05) is 24.3 Å². The van der Waals surface area contributed by atoms with Crippen molar-refractivity contribution >= 4 is 5.91 Å². The minimum absolute atomic E-state index is 0.00709. The lowest BCUT2D eigenvalue weighted by atomic mass is 9.85. The van der Waals surface area contributed by atoms with Crippen molar-refractivity contribution in [1.29, 1.82) is 0 Å². The molecule has 0 radical (unpaired) electrons. The number of piperidine rings is 1. The Bertz CT molecular complexity index is 734. The zero-order chi connectivity index (χ0) is 16.4. The highest BCUT2D eigenvalue weighted by molar-refractivity contribution is 5.94. The van der Waals surface area contributed by atoms with Crippen molar-refractivity contribution in [3.8, 4) is 5.75 Å². The van der Waals surface area contributed by atoms with Crippen LogP contribution in [0, 0.1) is 5.82 Å². The largest absolute Gasteiger partial charge is 0.508 e. The van der Waals surface area contributed by atoms with Gasteiger partial charge in [-0.05, 0) is 42.7 Å². The molecular formula is C18H18FNO3. The van der Waals surface area contributed by atoms with Crippen LogP contribution in [-0.2, 0) is 5.60 Å². The molecule has 1 aliphatic heterocycles. The van der Waals surface area contributed by atoms with Crippen molar-refractivity contribution in [2.24, 2.45) is 0 Å². The Morgan fingerprint density at radius 1 is 1.17 bits per heavy atom. The molecule has 2 N–H and O–H groups in total. The van der Waals surface area contributed by atoms with Gasteiger partial charge in [0.1, 0.15) is 17.2 Å². The summed E-state index contributed by atoms with van der Waals surface area (Å²) in [5.41, 5.74) is -0.672. The van der Waals surface area contributed by atoms with Crippen LogP contribution in [-0.4, -0.2) is 34.1 Å². The summed E-state index contributed by atoms with van der Waals surface area (Å²) in [6.45, 7) is 0.540. The summed E-state index contributed by atoms with van der Waals surface area (Å²) in [5, 5.41) is 20.5. The van der Waals surface area contributed by atoms with Crippen LogP contribution in [0.25, 0.3) is 0 Å². The Balaban J connectivity index is 1.86. The second kappa shape index (κ2) is 6.01. The summed E-state index contributed by atoms with van der Waals surface area (Å²) in [7, 11) is 0. The highest BCUT2D eigenvalue weighted by Gasteiger charge is 2.37. The topological polar surface area (TPSA) is 60.8 Å². The predicted molar refractivity (Wildman–Crippen MR) is 83.5 cm³/mol. The third kappa shape index (κ3) is 3.05. The number of halogens is 1. The number of amides is 1. The number of carbonyl (C=O) groups excluding carboxylic acids is 1. The number of hydrogen-bond donors (Lipinski definition) is 2. The van der Waals surface area contributed by atoms with Crippen molar-refractivity contribution in [1.82, 2.24) is 4.90 Å². The lowest BCUT2D eigenvalue weighted by molar-refractivity contribution is -0.0291. The molecule has 5 heteroatoms. The zero-order valence-corrected chi connectivity index (χ0v) is 12.6. The predicted octanol–water partition coefficient (Wildman–Crippen LogP) is 2.66. The maximum Gasteiger partial charge on any atom is 0.256 e. The van der Waals surface area contributed by atoms with Gasteiger partial charge in [0.25, 0.3) is 5.91 Å². The van der Waals surface area contributed by atoms with E-state index in [0.29, 0.717) is 24.9 Å². The molecule has 1 heterocycles. The van der Waals surface area contributed by atoms with Gasteiger partial charge >= 0.3 is 0 Å². The van der Waals surface area contributed by atoms with E-state index in [-0.39, 0.29) is 17.9 Å². The van der Waals surface area contributed by atoms with E-state index < -0.39 is 17.3 Å². The monoisotopic (exact) mass is 315 g/mol. The number of aromatic hydroxyl groups is 1. The van der Waals surface area contributed by atoms with Crippen LogP contribution in [0.1, 0.15) is 28.8 Å². The summed E-state index contributed by atoms with van der Waals surface area (Å²) < 4.78 is 13.8. The minimum atomic E-state index is -1.24. The van der Waals surface area contributed by atoms with Gasteiger partial charge in [-0.3, -0.25) is 4.79 Å². The number of phenols is 1. The number of nitrogens with zero attached hydrogens (tertiary/aromatic N) is 1. The van der Waals surface area contributed by atoms with Crippen molar-refractivity contribution in [2.75, 3.05) is 13.1 Å². The first kappa shape index (κ1) is 15.5. The summed E-state index contributed by atoms with van der Waals surface area (Å²) in [4.78, 5) is 14.0. The fraction of sp³-hybridized carbons (Fsp3) is 0.278. The molecule has 1 unspecified atom stereocenters. The molecule has 3 rings (SSSR count). The standard InChI is InChI=1S/C18H18FNO3/c19-16-8-2-1-7-15(16)17(22)20-10-4-9-18(23,12-20)13-5-3-6-14(21)11-13/h1-3,5-8,11,21,23H,4,9-10,12H2. The highest BCUT2D eigenvalue weighted by atomic mass is 19.1. The molecule has 0 saturated carbocycles. The second-order valence-corrected chi connectivity index (χ2v) is 5.89. The number of likely N-dealkylation sites (tertiary alicyclic amines) is 1. The zero-order valence-electron chi connectivity index (χ0n) is 12.6. The molecule has 1 amide bonds. The third-order valence-electron chi connectivity index (χ3n) is 4.25. The molecule has 1 atom stereocenters. The second-order valence-electron chi connectivity index (χ2n) is 5.89. The van der Waals surface area contributed by atoms with Crippen LogP contribution >= 0.6 is 0 Å². The molecule has 0 aromatic heterocycles. The van der Waals surface area contributed by atoms with Gasteiger partial charge < -0.3 is 15.1 Å². The van der Waals surface area contributed by atoms with E-state index >= 15 is 0 Å². The average molecular weight is 315 g/mol. The van der Waals surface area contributed by atoms with Crippen molar-refractivity contribution in [3.05, 3.63) is 65.5 Å². The smallest absolute Gasteiger partial charge is 0.256 e.